The first-order valence-electron chi connectivity index (χ1n) is 10.9. The van der Waals surface area contributed by atoms with E-state index in [0.29, 0.717) is 16.0 Å². The second kappa shape index (κ2) is 9.79. The average molecular weight is 519 g/mol. The first-order valence-corrected chi connectivity index (χ1v) is 11.2. The van der Waals surface area contributed by atoms with E-state index in [9.17, 15) is 18.0 Å². The average Bonchev–Trinajstić information content (AvgIpc) is 3.28. The van der Waals surface area contributed by atoms with Gasteiger partial charge in [-0.15, -0.1) is 0 Å². The van der Waals surface area contributed by atoms with Crippen molar-refractivity contribution in [2.24, 2.45) is 5.73 Å². The van der Waals surface area contributed by atoms with Gasteiger partial charge in [-0.05, 0) is 55.8 Å². The topological polar surface area (TPSA) is 103 Å². The van der Waals surface area contributed by atoms with Crippen molar-refractivity contribution in [3.63, 3.8) is 0 Å². The Morgan fingerprint density at radius 3 is 2.39 bits per heavy atom. The summed E-state index contributed by atoms with van der Waals surface area (Å²) >= 11 is 5.93. The molecule has 0 radical (unpaired) electrons. The molecule has 2 heterocycles. The maximum atomic E-state index is 13.3. The van der Waals surface area contributed by atoms with Crippen molar-refractivity contribution in [1.29, 1.82) is 0 Å². The summed E-state index contributed by atoms with van der Waals surface area (Å²) in [6, 6.07) is 11.1. The molecule has 2 atom stereocenters. The number of halogens is 4. The minimum atomic E-state index is -4.63. The molecule has 0 fully saturated rings. The fourth-order valence-corrected chi connectivity index (χ4v) is 3.85. The van der Waals surface area contributed by atoms with Crippen LogP contribution >= 0.6 is 11.6 Å². The summed E-state index contributed by atoms with van der Waals surface area (Å²) in [6.07, 6.45) is -4.63. The number of nitrogens with two attached hydrogens (primary N) is 1. The van der Waals surface area contributed by atoms with E-state index in [-0.39, 0.29) is 34.7 Å². The summed E-state index contributed by atoms with van der Waals surface area (Å²) < 4.78 is 50.8. The van der Waals surface area contributed by atoms with Gasteiger partial charge in [0.05, 0.1) is 19.2 Å². The Hall–Kier alpha value is -3.63. The van der Waals surface area contributed by atoms with E-state index in [1.165, 1.54) is 19.2 Å². The van der Waals surface area contributed by atoms with Crippen LogP contribution in [0.2, 0.25) is 5.02 Å². The number of nitrogens with zero attached hydrogens (tertiary/aromatic N) is 2. The number of aromatic nitrogens is 2. The second-order valence-electron chi connectivity index (χ2n) is 8.17. The van der Waals surface area contributed by atoms with E-state index >= 15 is 0 Å². The van der Waals surface area contributed by atoms with Gasteiger partial charge in [-0.25, -0.2) is 9.97 Å². The molecule has 3 N–H and O–H groups in total. The number of pyridine rings is 1. The largest absolute Gasteiger partial charge is 0.494 e. The van der Waals surface area contributed by atoms with E-state index in [2.05, 4.69) is 15.3 Å². The van der Waals surface area contributed by atoms with Gasteiger partial charge in [0.15, 0.2) is 11.5 Å². The number of benzene rings is 2. The monoisotopic (exact) mass is 518 g/mol. The summed E-state index contributed by atoms with van der Waals surface area (Å²) in [5.41, 5.74) is 6.09. The quantitative estimate of drug-likeness (QED) is 0.320. The van der Waals surface area contributed by atoms with Crippen molar-refractivity contribution in [2.45, 2.75) is 32.1 Å². The predicted octanol–water partition coefficient (Wildman–Crippen LogP) is 6.08. The highest BCUT2D eigenvalue weighted by Crippen LogP contribution is 2.37. The highest BCUT2D eigenvalue weighted by Gasteiger charge is 2.33. The molecule has 1 unspecified atom stereocenters. The normalized spacial score (nSPS) is 13.4. The Morgan fingerprint density at radius 1 is 1.08 bits per heavy atom. The zero-order valence-electron chi connectivity index (χ0n) is 19.5. The first-order chi connectivity index (χ1) is 17.0. The number of amides is 1. The van der Waals surface area contributed by atoms with Gasteiger partial charge in [0.2, 0.25) is 5.89 Å². The van der Waals surface area contributed by atoms with Gasteiger partial charge in [-0.2, -0.15) is 13.2 Å². The third-order valence-electron chi connectivity index (χ3n) is 5.56. The zero-order chi connectivity index (χ0) is 26.2. The van der Waals surface area contributed by atoms with E-state index in [0.717, 1.165) is 11.6 Å². The van der Waals surface area contributed by atoms with Gasteiger partial charge in [-0.1, -0.05) is 23.7 Å². The Balaban J connectivity index is 1.75. The number of nitrogens with one attached hydrogen (secondary N) is 1. The molecular weight excluding hydrogens is 497 g/mol. The van der Waals surface area contributed by atoms with Crippen LogP contribution in [0.3, 0.4) is 0 Å². The van der Waals surface area contributed by atoms with Crippen molar-refractivity contribution in [1.82, 2.24) is 15.3 Å². The number of oxazole rings is 1. The van der Waals surface area contributed by atoms with Gasteiger partial charge in [0.1, 0.15) is 17.0 Å². The summed E-state index contributed by atoms with van der Waals surface area (Å²) in [5.74, 6) is -0.223. The van der Waals surface area contributed by atoms with Gasteiger partial charge in [0.25, 0.3) is 5.91 Å². The number of alkyl halides is 3. The maximum Gasteiger partial charge on any atom is 0.433 e. The van der Waals surface area contributed by atoms with Gasteiger partial charge >= 0.3 is 6.18 Å². The highest BCUT2D eigenvalue weighted by atomic mass is 35.5. The molecule has 0 saturated carbocycles. The number of methoxy groups -OCH3 is 1. The molecule has 11 heteroatoms. The lowest BCUT2D eigenvalue weighted by Crippen LogP contribution is -2.28. The lowest BCUT2D eigenvalue weighted by molar-refractivity contribution is -0.140. The van der Waals surface area contributed by atoms with E-state index in [1.54, 1.807) is 44.2 Å². The second-order valence-corrected chi connectivity index (χ2v) is 8.61. The highest BCUT2D eigenvalue weighted by molar-refractivity contribution is 6.30. The number of hydrogen-bond acceptors (Lipinski definition) is 6. The van der Waals surface area contributed by atoms with Crippen molar-refractivity contribution in [3.05, 3.63) is 76.3 Å². The van der Waals surface area contributed by atoms with Crippen LogP contribution in [0.1, 0.15) is 53.4 Å². The Bertz CT molecular complexity index is 1420. The number of rotatable bonds is 6. The molecule has 0 aliphatic carbocycles. The van der Waals surface area contributed by atoms with Crippen LogP contribution in [0.15, 0.2) is 52.9 Å². The molecule has 7 nitrogen and oxygen atoms in total. The zero-order valence-corrected chi connectivity index (χ0v) is 20.2. The predicted molar refractivity (Wildman–Crippen MR) is 129 cm³/mol. The lowest BCUT2D eigenvalue weighted by Gasteiger charge is -2.14. The summed E-state index contributed by atoms with van der Waals surface area (Å²) in [4.78, 5) is 21.2. The lowest BCUT2D eigenvalue weighted by atomic mass is 10.1. The number of carbonyl (C=O) groups is 1. The Labute approximate surface area is 209 Å². The smallest absolute Gasteiger partial charge is 0.433 e. The molecule has 188 valence electrons. The molecule has 0 aliphatic heterocycles. The summed E-state index contributed by atoms with van der Waals surface area (Å²) in [6.45, 7) is 3.43. The molecule has 1 amide bonds. The molecule has 4 aromatic rings. The van der Waals surface area contributed by atoms with Crippen LogP contribution in [0, 0.1) is 0 Å². The number of fused-ring (bicyclic) bond motifs is 1. The number of ether oxygens (including phenoxy) is 1. The SMILES string of the molecule is COc1ccc(-c2nc(C(=O)NC(C)c3ccc(Cl)cc3)c([C@H](C)N)o2)c2ccc(C(F)(F)F)nc12. The Kier molecular flexibility index (Phi) is 6.92. The van der Waals surface area contributed by atoms with E-state index < -0.39 is 23.8 Å². The summed E-state index contributed by atoms with van der Waals surface area (Å²) in [7, 11) is 1.33. The number of carbonyl (C=O) groups excluding carboxylic acids is 1. The molecule has 36 heavy (non-hydrogen) atoms. The minimum Gasteiger partial charge on any atom is -0.494 e. The van der Waals surface area contributed by atoms with Gasteiger partial charge < -0.3 is 20.2 Å². The molecular formula is C25H22ClF3N4O3. The molecule has 4 rings (SSSR count). The maximum absolute atomic E-state index is 13.3. The third kappa shape index (κ3) is 5.00. The van der Waals surface area contributed by atoms with Crippen LogP contribution < -0.4 is 15.8 Å². The molecule has 2 aromatic heterocycles. The van der Waals surface area contributed by atoms with Crippen LogP contribution in [0.5, 0.6) is 5.75 Å². The van der Waals surface area contributed by atoms with Crippen LogP contribution in [0.25, 0.3) is 22.4 Å². The van der Waals surface area contributed by atoms with Gasteiger partial charge in [-0.3, -0.25) is 4.79 Å². The van der Waals surface area contributed by atoms with Crippen LogP contribution in [-0.2, 0) is 6.18 Å². The minimum absolute atomic E-state index is 0.0146. The molecule has 0 spiro atoms. The molecule has 2 aromatic carbocycles. The van der Waals surface area contributed by atoms with Crippen LogP contribution in [-0.4, -0.2) is 23.0 Å². The molecule has 0 aliphatic rings. The van der Waals surface area contributed by atoms with Gasteiger partial charge in [0, 0.05) is 16.0 Å². The van der Waals surface area contributed by atoms with Crippen LogP contribution in [0.4, 0.5) is 13.2 Å². The Morgan fingerprint density at radius 2 is 1.78 bits per heavy atom. The van der Waals surface area contributed by atoms with Crippen molar-refractivity contribution >= 4 is 28.4 Å². The molecule has 0 bridgehead atoms. The fourth-order valence-electron chi connectivity index (χ4n) is 3.72. The summed E-state index contributed by atoms with van der Waals surface area (Å²) in [5, 5.41) is 3.73. The van der Waals surface area contributed by atoms with E-state index in [1.807, 2.05) is 0 Å². The van der Waals surface area contributed by atoms with Crippen molar-refractivity contribution < 1.29 is 27.1 Å². The third-order valence-corrected chi connectivity index (χ3v) is 5.81. The first kappa shape index (κ1) is 25.5. The number of hydrogen-bond donors (Lipinski definition) is 2. The van der Waals surface area contributed by atoms with E-state index in [4.69, 9.17) is 26.5 Å². The molecule has 0 saturated heterocycles. The fraction of sp³-hybridized carbons (Fsp3) is 0.240. The standard InChI is InChI=1S/C25H22ClF3N4O3/c1-12(30)22-21(23(34)31-13(2)14-4-6-15(26)7-5-14)33-24(36-22)17-8-10-18(35-3)20-16(17)9-11-19(32-20)25(27,28)29/h4-13H,30H2,1-3H3,(H,31,34)/t12-,13?/m0/s1. The van der Waals surface area contributed by atoms with Crippen molar-refractivity contribution in [3.8, 4) is 17.2 Å². The van der Waals surface area contributed by atoms with Crippen molar-refractivity contribution in [2.75, 3.05) is 7.11 Å².